The largest absolute Gasteiger partial charge is 1.00 e. The van der Waals surface area contributed by atoms with Gasteiger partial charge in [-0.05, 0) is 19.3 Å². The highest BCUT2D eigenvalue weighted by molar-refractivity contribution is 5.17. The van der Waals surface area contributed by atoms with Gasteiger partial charge >= 0.3 is 0 Å². The van der Waals surface area contributed by atoms with E-state index in [9.17, 15) is 0 Å². The number of benzene rings is 1. The first kappa shape index (κ1) is 36.7. The summed E-state index contributed by atoms with van der Waals surface area (Å²) in [6.45, 7) is 5.93. The quantitative estimate of drug-likeness (QED) is 0.0759. The Hall–Kier alpha value is -0.340. The van der Waals surface area contributed by atoms with E-state index in [2.05, 4.69) is 58.3 Å². The van der Waals surface area contributed by atoms with Gasteiger partial charge in [0.05, 0.1) is 20.6 Å². The van der Waals surface area contributed by atoms with Crippen molar-refractivity contribution in [2.45, 2.75) is 168 Å². The summed E-state index contributed by atoms with van der Waals surface area (Å²) in [4.78, 5) is 0. The van der Waals surface area contributed by atoms with Gasteiger partial charge in [0.25, 0.3) is 0 Å². The molecule has 0 saturated heterocycles. The topological polar surface area (TPSA) is 0 Å². The van der Waals surface area contributed by atoms with Crippen LogP contribution in [0, 0.1) is 0 Å². The molecule has 0 saturated carbocycles. The summed E-state index contributed by atoms with van der Waals surface area (Å²) in [7, 11) is 4.98. The number of hydrogen-bond donors (Lipinski definition) is 0. The molecule has 0 radical (unpaired) electrons. The third kappa shape index (κ3) is 20.3. The van der Waals surface area contributed by atoms with Crippen molar-refractivity contribution in [2.24, 2.45) is 0 Å². The molecule has 1 rings (SSSR count). The number of rotatable bonds is 26. The molecule has 0 aromatic heterocycles. The van der Waals surface area contributed by atoms with E-state index >= 15 is 0 Å². The molecule has 0 aliphatic rings. The standard InChI is InChI=1S/C35H66N.BrH/c1-5-7-9-11-13-15-16-17-18-19-20-22-24-29-33-36(3,4)35(34-30-26-25-27-31-34)32-28-23-21-14-12-10-8-6-2;/h25-27,30-31,35H,5-24,28-29,32-33H2,1-4H3;1H/q+1;/p-1. The minimum Gasteiger partial charge on any atom is -1.00 e. The van der Waals surface area contributed by atoms with Crippen molar-refractivity contribution in [3.05, 3.63) is 35.9 Å². The summed E-state index contributed by atoms with van der Waals surface area (Å²) in [5.41, 5.74) is 1.55. The second-order valence-corrected chi connectivity index (χ2v) is 12.3. The van der Waals surface area contributed by atoms with Crippen molar-refractivity contribution in [2.75, 3.05) is 20.6 Å². The van der Waals surface area contributed by atoms with Gasteiger partial charge in [-0.25, -0.2) is 0 Å². The number of halogens is 1. The molecule has 1 aromatic rings. The Balaban J connectivity index is 0.0000130. The summed E-state index contributed by atoms with van der Waals surface area (Å²) < 4.78 is 1.15. The molecule has 0 heterocycles. The van der Waals surface area contributed by atoms with Crippen LogP contribution in [0.3, 0.4) is 0 Å². The Kier molecular flexibility index (Phi) is 25.7. The summed E-state index contributed by atoms with van der Waals surface area (Å²) >= 11 is 0. The summed E-state index contributed by atoms with van der Waals surface area (Å²) in [5.74, 6) is 0. The molecule has 0 spiro atoms. The van der Waals surface area contributed by atoms with Gasteiger partial charge in [0.2, 0.25) is 0 Å². The fraction of sp³-hybridized carbons (Fsp3) is 0.829. The van der Waals surface area contributed by atoms with Crippen molar-refractivity contribution < 1.29 is 21.5 Å². The van der Waals surface area contributed by atoms with Crippen molar-refractivity contribution in [1.29, 1.82) is 0 Å². The van der Waals surface area contributed by atoms with E-state index in [0.717, 1.165) is 4.48 Å². The molecule has 1 unspecified atom stereocenters. The van der Waals surface area contributed by atoms with Gasteiger partial charge in [0.15, 0.2) is 0 Å². The van der Waals surface area contributed by atoms with E-state index in [1.54, 1.807) is 5.56 Å². The molecule has 0 aliphatic heterocycles. The van der Waals surface area contributed by atoms with E-state index < -0.39 is 0 Å². The van der Waals surface area contributed by atoms with Gasteiger partial charge in [0, 0.05) is 12.0 Å². The Morgan fingerprint density at radius 2 is 0.838 bits per heavy atom. The Labute approximate surface area is 244 Å². The average Bonchev–Trinajstić information content (AvgIpc) is 2.88. The number of quaternary nitrogens is 1. The lowest BCUT2D eigenvalue weighted by molar-refractivity contribution is -0.921. The molecule has 0 amide bonds. The predicted molar refractivity (Wildman–Crippen MR) is 164 cm³/mol. The number of unbranched alkanes of at least 4 members (excludes halogenated alkanes) is 20. The van der Waals surface area contributed by atoms with Crippen LogP contribution in [-0.4, -0.2) is 25.1 Å². The zero-order valence-corrected chi connectivity index (χ0v) is 27.3. The fourth-order valence-electron chi connectivity index (χ4n) is 5.94. The second-order valence-electron chi connectivity index (χ2n) is 12.3. The molecule has 0 N–H and O–H groups in total. The van der Waals surface area contributed by atoms with Gasteiger partial charge in [-0.15, -0.1) is 0 Å². The first-order valence-electron chi connectivity index (χ1n) is 16.5. The third-order valence-electron chi connectivity index (χ3n) is 8.45. The zero-order valence-electron chi connectivity index (χ0n) is 25.8. The minimum absolute atomic E-state index is 0. The first-order valence-corrected chi connectivity index (χ1v) is 16.5. The lowest BCUT2D eigenvalue weighted by atomic mass is 9.96. The van der Waals surface area contributed by atoms with Crippen LogP contribution in [0.4, 0.5) is 0 Å². The van der Waals surface area contributed by atoms with Gasteiger partial charge in [-0.1, -0.05) is 166 Å². The molecule has 218 valence electrons. The predicted octanol–water partition coefficient (Wildman–Crippen LogP) is 8.82. The SMILES string of the molecule is CCCCCCCCCCCCCCCC[N+](C)(C)C(CCCCCCCCCC)c1ccccc1.[Br-]. The van der Waals surface area contributed by atoms with Gasteiger partial charge in [-0.2, -0.15) is 0 Å². The van der Waals surface area contributed by atoms with Crippen LogP contribution in [0.15, 0.2) is 30.3 Å². The second kappa shape index (κ2) is 25.9. The highest BCUT2D eigenvalue weighted by atomic mass is 79.9. The van der Waals surface area contributed by atoms with Crippen LogP contribution in [-0.2, 0) is 0 Å². The van der Waals surface area contributed by atoms with E-state index in [4.69, 9.17) is 0 Å². The fourth-order valence-corrected chi connectivity index (χ4v) is 5.94. The average molecular weight is 581 g/mol. The van der Waals surface area contributed by atoms with Gasteiger partial charge in [-0.3, -0.25) is 0 Å². The van der Waals surface area contributed by atoms with Crippen LogP contribution in [0.1, 0.15) is 173 Å². The Morgan fingerprint density at radius 3 is 1.24 bits per heavy atom. The maximum Gasteiger partial charge on any atom is 0.114 e. The molecule has 2 heteroatoms. The van der Waals surface area contributed by atoms with Crippen LogP contribution in [0.5, 0.6) is 0 Å². The van der Waals surface area contributed by atoms with Crippen LogP contribution in [0.25, 0.3) is 0 Å². The molecular formula is C35H66BrN. The third-order valence-corrected chi connectivity index (χ3v) is 8.45. The number of nitrogens with zero attached hydrogens (tertiary/aromatic N) is 1. The molecule has 1 nitrogen and oxygen atoms in total. The molecular weight excluding hydrogens is 514 g/mol. The Morgan fingerprint density at radius 1 is 0.486 bits per heavy atom. The lowest BCUT2D eigenvalue weighted by Gasteiger charge is -2.39. The van der Waals surface area contributed by atoms with Crippen molar-refractivity contribution in [1.82, 2.24) is 0 Å². The summed E-state index contributed by atoms with van der Waals surface area (Å²) in [6.07, 6.45) is 32.8. The maximum absolute atomic E-state index is 2.49. The summed E-state index contributed by atoms with van der Waals surface area (Å²) in [6, 6.07) is 12.0. The van der Waals surface area contributed by atoms with E-state index in [1.807, 2.05) is 0 Å². The van der Waals surface area contributed by atoms with Crippen LogP contribution < -0.4 is 17.0 Å². The van der Waals surface area contributed by atoms with Crippen molar-refractivity contribution in [3.8, 4) is 0 Å². The smallest absolute Gasteiger partial charge is 0.114 e. The van der Waals surface area contributed by atoms with Gasteiger partial charge in [0.1, 0.15) is 6.04 Å². The van der Waals surface area contributed by atoms with Gasteiger partial charge < -0.3 is 21.5 Å². The van der Waals surface area contributed by atoms with E-state index in [1.165, 1.54) is 154 Å². The van der Waals surface area contributed by atoms with E-state index in [0.29, 0.717) is 6.04 Å². The monoisotopic (exact) mass is 579 g/mol. The molecule has 0 fully saturated rings. The van der Waals surface area contributed by atoms with E-state index in [-0.39, 0.29) is 17.0 Å². The number of hydrogen-bond acceptors (Lipinski definition) is 0. The molecule has 1 aromatic carbocycles. The highest BCUT2D eigenvalue weighted by Gasteiger charge is 2.28. The van der Waals surface area contributed by atoms with Crippen LogP contribution >= 0.6 is 0 Å². The first-order chi connectivity index (χ1) is 17.6. The minimum atomic E-state index is 0. The zero-order chi connectivity index (χ0) is 26.2. The van der Waals surface area contributed by atoms with Crippen molar-refractivity contribution in [3.63, 3.8) is 0 Å². The normalized spacial score (nSPS) is 12.4. The summed E-state index contributed by atoms with van der Waals surface area (Å²) in [5, 5.41) is 0. The highest BCUT2D eigenvalue weighted by Crippen LogP contribution is 2.31. The lowest BCUT2D eigenvalue weighted by Crippen LogP contribution is -3.00. The Bertz CT molecular complexity index is 570. The maximum atomic E-state index is 2.49. The molecule has 0 bridgehead atoms. The van der Waals surface area contributed by atoms with Crippen molar-refractivity contribution >= 4 is 0 Å². The van der Waals surface area contributed by atoms with Crippen LogP contribution in [0.2, 0.25) is 0 Å². The molecule has 37 heavy (non-hydrogen) atoms. The molecule has 0 aliphatic carbocycles. The molecule has 1 atom stereocenters.